The number of halogens is 1. The van der Waals surface area contributed by atoms with Crippen LogP contribution in [0.25, 0.3) is 0 Å². The monoisotopic (exact) mass is 346 g/mol. The first-order chi connectivity index (χ1) is 10.3. The fraction of sp³-hybridized carbons (Fsp3) is 0.500. The molecule has 0 unspecified atom stereocenters. The Morgan fingerprint density at radius 2 is 1.82 bits per heavy atom. The van der Waals surface area contributed by atoms with Crippen molar-refractivity contribution in [3.8, 4) is 5.75 Å². The van der Waals surface area contributed by atoms with Gasteiger partial charge in [0.15, 0.2) is 0 Å². The van der Waals surface area contributed by atoms with Crippen molar-refractivity contribution in [2.75, 3.05) is 33.3 Å². The highest BCUT2D eigenvalue weighted by Crippen LogP contribution is 2.33. The van der Waals surface area contributed by atoms with E-state index in [1.54, 1.807) is 17.9 Å². The maximum absolute atomic E-state index is 12.8. The highest BCUT2D eigenvalue weighted by atomic mass is 35.5. The van der Waals surface area contributed by atoms with E-state index in [2.05, 4.69) is 0 Å². The summed E-state index contributed by atoms with van der Waals surface area (Å²) in [7, 11) is -2.28. The molecule has 1 fully saturated rings. The van der Waals surface area contributed by atoms with Gasteiger partial charge in [-0.15, -0.1) is 0 Å². The van der Waals surface area contributed by atoms with E-state index in [1.165, 1.54) is 24.4 Å². The molecular formula is C14H19ClN2O4S. The summed E-state index contributed by atoms with van der Waals surface area (Å²) in [5.41, 5.74) is 0.663. The van der Waals surface area contributed by atoms with E-state index < -0.39 is 10.0 Å². The molecule has 8 heteroatoms. The Kier molecular flexibility index (Phi) is 4.99. The molecular weight excluding hydrogens is 328 g/mol. The van der Waals surface area contributed by atoms with Gasteiger partial charge in [-0.25, -0.2) is 8.42 Å². The summed E-state index contributed by atoms with van der Waals surface area (Å²) >= 11 is 6.00. The SMILES string of the molecule is COc1c(C)cc(Cl)cc1S(=O)(=O)N1CCN(C(C)=O)CC1. The number of benzene rings is 1. The number of ether oxygens (including phenoxy) is 1. The average molecular weight is 347 g/mol. The molecule has 1 aliphatic rings. The van der Waals surface area contributed by atoms with E-state index in [0.29, 0.717) is 29.4 Å². The first-order valence-electron chi connectivity index (χ1n) is 6.87. The summed E-state index contributed by atoms with van der Waals surface area (Å²) in [4.78, 5) is 13.0. The second-order valence-corrected chi connectivity index (χ2v) is 7.51. The third-order valence-corrected chi connectivity index (χ3v) is 5.83. The highest BCUT2D eigenvalue weighted by molar-refractivity contribution is 7.89. The van der Waals surface area contributed by atoms with Gasteiger partial charge >= 0.3 is 0 Å². The Morgan fingerprint density at radius 3 is 2.32 bits per heavy atom. The van der Waals surface area contributed by atoms with Gasteiger partial charge in [-0.1, -0.05) is 11.6 Å². The standard InChI is InChI=1S/C14H19ClN2O4S/c1-10-8-12(15)9-13(14(10)21-3)22(19,20)17-6-4-16(5-7-17)11(2)18/h8-9H,4-7H2,1-3H3. The number of amides is 1. The van der Waals surface area contributed by atoms with E-state index in [4.69, 9.17) is 16.3 Å². The predicted octanol–water partition coefficient (Wildman–Crippen LogP) is 1.51. The predicted molar refractivity (Wildman–Crippen MR) is 83.8 cm³/mol. The molecule has 6 nitrogen and oxygen atoms in total. The summed E-state index contributed by atoms with van der Waals surface area (Å²) in [6.07, 6.45) is 0. The highest BCUT2D eigenvalue weighted by Gasteiger charge is 2.32. The summed E-state index contributed by atoms with van der Waals surface area (Å²) in [6.45, 7) is 4.52. The van der Waals surface area contributed by atoms with Crippen LogP contribution in [0.15, 0.2) is 17.0 Å². The van der Waals surface area contributed by atoms with Crippen LogP contribution in [-0.2, 0) is 14.8 Å². The average Bonchev–Trinajstić information content (AvgIpc) is 2.46. The number of sulfonamides is 1. The summed E-state index contributed by atoms with van der Waals surface area (Å²) in [5, 5.41) is 0.347. The fourth-order valence-corrected chi connectivity index (χ4v) is 4.55. The number of methoxy groups -OCH3 is 1. The van der Waals surface area contributed by atoms with Gasteiger partial charge in [0.05, 0.1) is 7.11 Å². The fourth-order valence-electron chi connectivity index (χ4n) is 2.53. The third kappa shape index (κ3) is 3.21. The molecule has 0 N–H and O–H groups in total. The van der Waals surface area contributed by atoms with Gasteiger partial charge in [-0.3, -0.25) is 4.79 Å². The first kappa shape index (κ1) is 17.1. The van der Waals surface area contributed by atoms with Crippen molar-refractivity contribution in [2.24, 2.45) is 0 Å². The van der Waals surface area contributed by atoms with Crippen LogP contribution >= 0.6 is 11.6 Å². The topological polar surface area (TPSA) is 66.9 Å². The quantitative estimate of drug-likeness (QED) is 0.832. The molecule has 122 valence electrons. The zero-order chi connectivity index (χ0) is 16.5. The maximum atomic E-state index is 12.8. The minimum Gasteiger partial charge on any atom is -0.495 e. The van der Waals surface area contributed by atoms with E-state index in [0.717, 1.165) is 0 Å². The van der Waals surface area contributed by atoms with Crippen LogP contribution in [-0.4, -0.2) is 56.8 Å². The molecule has 0 atom stereocenters. The third-order valence-electron chi connectivity index (χ3n) is 3.71. The smallest absolute Gasteiger partial charge is 0.246 e. The number of hydrogen-bond acceptors (Lipinski definition) is 4. The number of hydrogen-bond donors (Lipinski definition) is 0. The van der Waals surface area contributed by atoms with Gasteiger partial charge in [0.2, 0.25) is 15.9 Å². The lowest BCUT2D eigenvalue weighted by Crippen LogP contribution is -2.49. The van der Waals surface area contributed by atoms with E-state index in [9.17, 15) is 13.2 Å². The Bertz CT molecular complexity index is 682. The van der Waals surface area contributed by atoms with Crippen molar-refractivity contribution in [1.82, 2.24) is 9.21 Å². The second kappa shape index (κ2) is 6.44. The lowest BCUT2D eigenvalue weighted by atomic mass is 10.2. The Balaban J connectivity index is 2.34. The van der Waals surface area contributed by atoms with Crippen LogP contribution in [0.4, 0.5) is 0 Å². The van der Waals surface area contributed by atoms with Crippen molar-refractivity contribution in [3.63, 3.8) is 0 Å². The Hall–Kier alpha value is -1.31. The minimum absolute atomic E-state index is 0.0479. The van der Waals surface area contributed by atoms with Crippen molar-refractivity contribution in [1.29, 1.82) is 0 Å². The summed E-state index contributed by atoms with van der Waals surface area (Å²) < 4.78 is 32.3. The molecule has 1 aliphatic heterocycles. The van der Waals surface area contributed by atoms with Gasteiger partial charge in [-0.2, -0.15) is 4.31 Å². The number of carbonyl (C=O) groups is 1. The molecule has 22 heavy (non-hydrogen) atoms. The van der Waals surface area contributed by atoms with Gasteiger partial charge < -0.3 is 9.64 Å². The normalized spacial score (nSPS) is 16.6. The number of rotatable bonds is 3. The molecule has 0 saturated carbocycles. The lowest BCUT2D eigenvalue weighted by Gasteiger charge is -2.33. The largest absolute Gasteiger partial charge is 0.495 e. The second-order valence-electron chi connectivity index (χ2n) is 5.16. The zero-order valence-electron chi connectivity index (χ0n) is 12.8. The van der Waals surface area contributed by atoms with Crippen LogP contribution in [0.2, 0.25) is 5.02 Å². The molecule has 1 heterocycles. The molecule has 0 bridgehead atoms. The number of aryl methyl sites for hydroxylation is 1. The van der Waals surface area contributed by atoms with E-state index in [-0.39, 0.29) is 23.9 Å². The molecule has 0 aromatic heterocycles. The van der Waals surface area contributed by atoms with Gasteiger partial charge in [0.1, 0.15) is 10.6 Å². The maximum Gasteiger partial charge on any atom is 0.246 e. The number of carbonyl (C=O) groups excluding carboxylic acids is 1. The van der Waals surface area contributed by atoms with Crippen LogP contribution in [0.5, 0.6) is 5.75 Å². The van der Waals surface area contributed by atoms with Crippen LogP contribution < -0.4 is 4.74 Å². The molecule has 0 aliphatic carbocycles. The van der Waals surface area contributed by atoms with Crippen LogP contribution in [0, 0.1) is 6.92 Å². The van der Waals surface area contributed by atoms with Crippen LogP contribution in [0.1, 0.15) is 12.5 Å². The van der Waals surface area contributed by atoms with E-state index in [1.807, 2.05) is 0 Å². The molecule has 0 radical (unpaired) electrons. The molecule has 1 aromatic rings. The van der Waals surface area contributed by atoms with Gasteiger partial charge in [-0.05, 0) is 24.6 Å². The molecule has 1 saturated heterocycles. The van der Waals surface area contributed by atoms with Crippen molar-refractivity contribution >= 4 is 27.5 Å². The molecule has 1 amide bonds. The summed E-state index contributed by atoms with van der Waals surface area (Å²) in [6, 6.07) is 3.06. The summed E-state index contributed by atoms with van der Waals surface area (Å²) in [5.74, 6) is 0.256. The Morgan fingerprint density at radius 1 is 1.23 bits per heavy atom. The van der Waals surface area contributed by atoms with Crippen LogP contribution in [0.3, 0.4) is 0 Å². The molecule has 1 aromatic carbocycles. The minimum atomic E-state index is -3.71. The van der Waals surface area contributed by atoms with Gasteiger partial charge in [0.25, 0.3) is 0 Å². The van der Waals surface area contributed by atoms with E-state index >= 15 is 0 Å². The molecule has 0 spiro atoms. The van der Waals surface area contributed by atoms with Crippen molar-refractivity contribution in [3.05, 3.63) is 22.7 Å². The first-order valence-corrected chi connectivity index (χ1v) is 8.69. The lowest BCUT2D eigenvalue weighted by molar-refractivity contribution is -0.129. The van der Waals surface area contributed by atoms with Crippen molar-refractivity contribution in [2.45, 2.75) is 18.7 Å². The molecule has 2 rings (SSSR count). The number of piperazine rings is 1. The van der Waals surface area contributed by atoms with Gasteiger partial charge in [0, 0.05) is 38.1 Å². The zero-order valence-corrected chi connectivity index (χ0v) is 14.4. The van der Waals surface area contributed by atoms with Crippen molar-refractivity contribution < 1.29 is 17.9 Å². The Labute approximate surface area is 135 Å². The number of nitrogens with zero attached hydrogens (tertiary/aromatic N) is 2.